The van der Waals surface area contributed by atoms with Crippen molar-refractivity contribution in [3.8, 4) is 0 Å². The molecular formula is C26H37N5O. The predicted octanol–water partition coefficient (Wildman–Crippen LogP) is 3.88. The van der Waals surface area contributed by atoms with Gasteiger partial charge in [0.2, 0.25) is 5.91 Å². The minimum absolute atomic E-state index is 0.220. The van der Waals surface area contributed by atoms with Crippen LogP contribution in [0, 0.1) is 0 Å². The second-order valence-corrected chi connectivity index (χ2v) is 9.98. The van der Waals surface area contributed by atoms with E-state index in [4.69, 9.17) is 0 Å². The third-order valence-corrected chi connectivity index (χ3v) is 7.93. The van der Waals surface area contributed by atoms with Crippen molar-refractivity contribution in [2.75, 3.05) is 13.1 Å². The maximum absolute atomic E-state index is 13.7. The summed E-state index contributed by atoms with van der Waals surface area (Å²) in [5.41, 5.74) is 0.996. The van der Waals surface area contributed by atoms with Crippen LogP contribution in [0.2, 0.25) is 0 Å². The molecule has 3 aliphatic rings. The van der Waals surface area contributed by atoms with Crippen molar-refractivity contribution >= 4 is 5.91 Å². The van der Waals surface area contributed by atoms with E-state index in [1.807, 2.05) is 6.07 Å². The van der Waals surface area contributed by atoms with Crippen molar-refractivity contribution in [3.05, 3.63) is 47.5 Å². The first-order valence-corrected chi connectivity index (χ1v) is 12.8. The summed E-state index contributed by atoms with van der Waals surface area (Å²) in [5.74, 6) is 2.40. The van der Waals surface area contributed by atoms with E-state index in [1.54, 1.807) is 0 Å². The van der Waals surface area contributed by atoms with E-state index in [1.165, 1.54) is 44.1 Å². The van der Waals surface area contributed by atoms with Gasteiger partial charge >= 0.3 is 0 Å². The van der Waals surface area contributed by atoms with Crippen LogP contribution in [-0.4, -0.2) is 50.2 Å². The fourth-order valence-electron chi connectivity index (χ4n) is 6.07. The summed E-state index contributed by atoms with van der Waals surface area (Å²) >= 11 is 0. The smallest absolute Gasteiger partial charge is 0.240 e. The Bertz CT molecular complexity index is 896. The van der Waals surface area contributed by atoms with Crippen LogP contribution in [0.5, 0.6) is 0 Å². The zero-order valence-corrected chi connectivity index (χ0v) is 19.3. The van der Waals surface area contributed by atoms with Crippen LogP contribution < -0.4 is 5.32 Å². The van der Waals surface area contributed by atoms with Crippen molar-refractivity contribution in [1.82, 2.24) is 25.0 Å². The number of nitrogens with one attached hydrogen (secondary N) is 1. The monoisotopic (exact) mass is 435 g/mol. The number of amides is 1. The maximum Gasteiger partial charge on any atom is 0.240 e. The molecule has 1 atom stereocenters. The Morgan fingerprint density at radius 1 is 0.938 bits per heavy atom. The van der Waals surface area contributed by atoms with E-state index < -0.39 is 0 Å². The van der Waals surface area contributed by atoms with Gasteiger partial charge in [-0.05, 0) is 57.2 Å². The third-order valence-electron chi connectivity index (χ3n) is 7.93. The highest BCUT2D eigenvalue weighted by molar-refractivity contribution is 5.86. The molecule has 1 N–H and O–H groups in total. The molecule has 0 bridgehead atoms. The van der Waals surface area contributed by atoms with Gasteiger partial charge in [0.15, 0.2) is 0 Å². The number of carbonyl (C=O) groups excluding carboxylic acids is 1. The largest absolute Gasteiger partial charge is 0.352 e. The molecule has 1 aliphatic carbocycles. The zero-order chi connectivity index (χ0) is 21.8. The van der Waals surface area contributed by atoms with Crippen LogP contribution in [0.3, 0.4) is 0 Å². The zero-order valence-electron chi connectivity index (χ0n) is 19.3. The number of aryl methyl sites for hydroxylation is 1. The molecule has 1 amide bonds. The molecule has 2 fully saturated rings. The number of piperidine rings is 1. The summed E-state index contributed by atoms with van der Waals surface area (Å²) in [5, 5.41) is 12.5. The summed E-state index contributed by atoms with van der Waals surface area (Å²) in [4.78, 5) is 16.3. The number of nitrogens with zero attached hydrogens (tertiary/aromatic N) is 4. The molecule has 1 aromatic carbocycles. The number of hydrogen-bond acceptors (Lipinski definition) is 4. The Hall–Kier alpha value is -2.21. The number of rotatable bonds is 5. The predicted molar refractivity (Wildman–Crippen MR) is 125 cm³/mol. The summed E-state index contributed by atoms with van der Waals surface area (Å²) < 4.78 is 2.29. The SMILES string of the molecule is O=C(NC1CCc2nnc(Cc3ccccc3)n2CC1)C1(N2CCCCC2)CCCCC1. The molecule has 3 heterocycles. The normalized spacial score (nSPS) is 23.8. The van der Waals surface area contributed by atoms with E-state index >= 15 is 0 Å². The first-order chi connectivity index (χ1) is 15.7. The van der Waals surface area contributed by atoms with Gasteiger partial charge in [0.25, 0.3) is 0 Å². The van der Waals surface area contributed by atoms with Crippen LogP contribution in [0.1, 0.15) is 81.4 Å². The highest BCUT2D eigenvalue weighted by Gasteiger charge is 2.45. The molecule has 1 saturated heterocycles. The molecule has 2 aromatic rings. The second kappa shape index (κ2) is 9.74. The van der Waals surface area contributed by atoms with Crippen LogP contribution in [0.15, 0.2) is 30.3 Å². The van der Waals surface area contributed by atoms with Gasteiger partial charge in [-0.25, -0.2) is 0 Å². The van der Waals surface area contributed by atoms with Gasteiger partial charge in [-0.15, -0.1) is 10.2 Å². The van der Waals surface area contributed by atoms with Gasteiger partial charge in [0.1, 0.15) is 17.2 Å². The molecule has 0 spiro atoms. The molecule has 32 heavy (non-hydrogen) atoms. The first-order valence-electron chi connectivity index (χ1n) is 12.8. The maximum atomic E-state index is 13.7. The molecule has 2 aliphatic heterocycles. The minimum atomic E-state index is -0.265. The van der Waals surface area contributed by atoms with Crippen molar-refractivity contribution in [2.24, 2.45) is 0 Å². The molecule has 0 radical (unpaired) electrons. The Morgan fingerprint density at radius 2 is 1.69 bits per heavy atom. The van der Waals surface area contributed by atoms with Gasteiger partial charge in [0, 0.05) is 25.4 Å². The van der Waals surface area contributed by atoms with Crippen molar-refractivity contribution in [1.29, 1.82) is 0 Å². The molecule has 1 saturated carbocycles. The Labute approximate surface area is 191 Å². The lowest BCUT2D eigenvalue weighted by molar-refractivity contribution is -0.138. The summed E-state index contributed by atoms with van der Waals surface area (Å²) in [6.45, 7) is 3.05. The fourth-order valence-corrected chi connectivity index (χ4v) is 6.07. The second-order valence-electron chi connectivity index (χ2n) is 9.98. The van der Waals surface area contributed by atoms with Crippen molar-refractivity contribution in [2.45, 2.75) is 95.2 Å². The summed E-state index contributed by atoms with van der Waals surface area (Å²) in [7, 11) is 0. The van der Waals surface area contributed by atoms with Gasteiger partial charge in [0.05, 0.1) is 0 Å². The van der Waals surface area contributed by atoms with Gasteiger partial charge < -0.3 is 9.88 Å². The van der Waals surface area contributed by atoms with Gasteiger partial charge in [-0.3, -0.25) is 9.69 Å². The number of likely N-dealkylation sites (tertiary alicyclic amines) is 1. The Kier molecular flexibility index (Phi) is 6.58. The number of hydrogen-bond donors (Lipinski definition) is 1. The van der Waals surface area contributed by atoms with E-state index in [-0.39, 0.29) is 11.6 Å². The lowest BCUT2D eigenvalue weighted by atomic mass is 9.78. The lowest BCUT2D eigenvalue weighted by Crippen LogP contribution is -2.62. The Balaban J connectivity index is 1.25. The average Bonchev–Trinajstić information content (AvgIpc) is 3.11. The minimum Gasteiger partial charge on any atom is -0.352 e. The average molecular weight is 436 g/mol. The quantitative estimate of drug-likeness (QED) is 0.774. The number of aromatic nitrogens is 3. The number of carbonyl (C=O) groups is 1. The summed E-state index contributed by atoms with van der Waals surface area (Å²) in [6.07, 6.45) is 13.0. The molecular weight excluding hydrogens is 398 g/mol. The highest BCUT2D eigenvalue weighted by Crippen LogP contribution is 2.36. The van der Waals surface area contributed by atoms with E-state index in [0.717, 1.165) is 69.8 Å². The summed E-state index contributed by atoms with van der Waals surface area (Å²) in [6, 6.07) is 10.7. The molecule has 1 unspecified atom stereocenters. The fraction of sp³-hybridized carbons (Fsp3) is 0.654. The van der Waals surface area contributed by atoms with Crippen LogP contribution in [0.4, 0.5) is 0 Å². The van der Waals surface area contributed by atoms with E-state index in [2.05, 4.69) is 49.2 Å². The van der Waals surface area contributed by atoms with Gasteiger partial charge in [-0.1, -0.05) is 56.0 Å². The molecule has 6 heteroatoms. The standard InChI is InChI=1S/C26H37N5O/c32-25(26(15-6-2-7-16-26)30-17-8-3-9-18-30)27-22-12-13-23-28-29-24(31(23)19-14-22)20-21-10-4-1-5-11-21/h1,4-5,10-11,22H,2-3,6-9,12-20H2,(H,27,32). The number of benzene rings is 1. The van der Waals surface area contributed by atoms with E-state index in [0.29, 0.717) is 5.91 Å². The van der Waals surface area contributed by atoms with E-state index in [9.17, 15) is 4.79 Å². The Morgan fingerprint density at radius 3 is 2.47 bits per heavy atom. The molecule has 5 rings (SSSR count). The van der Waals surface area contributed by atoms with Crippen LogP contribution >= 0.6 is 0 Å². The lowest BCUT2D eigenvalue weighted by Gasteiger charge is -2.47. The van der Waals surface area contributed by atoms with Gasteiger partial charge in [-0.2, -0.15) is 0 Å². The highest BCUT2D eigenvalue weighted by atomic mass is 16.2. The van der Waals surface area contributed by atoms with Crippen molar-refractivity contribution in [3.63, 3.8) is 0 Å². The molecule has 6 nitrogen and oxygen atoms in total. The molecule has 172 valence electrons. The number of fused-ring (bicyclic) bond motifs is 1. The topological polar surface area (TPSA) is 63.1 Å². The first kappa shape index (κ1) is 21.6. The molecule has 1 aromatic heterocycles. The third kappa shape index (κ3) is 4.47. The van der Waals surface area contributed by atoms with Crippen molar-refractivity contribution < 1.29 is 4.79 Å². The van der Waals surface area contributed by atoms with Crippen LogP contribution in [-0.2, 0) is 24.2 Å². The van der Waals surface area contributed by atoms with Crippen LogP contribution in [0.25, 0.3) is 0 Å².